The monoisotopic (exact) mass is 343 g/mol. The van der Waals surface area contributed by atoms with E-state index in [-0.39, 0.29) is 12.0 Å². The second-order valence-electron chi connectivity index (χ2n) is 6.73. The summed E-state index contributed by atoms with van der Waals surface area (Å²) in [7, 11) is 0. The highest BCUT2D eigenvalue weighted by Gasteiger charge is 2.40. The molecular weight excluding hydrogens is 322 g/mol. The van der Waals surface area contributed by atoms with Gasteiger partial charge in [-0.3, -0.25) is 4.79 Å². The number of hydrogen-bond donors (Lipinski definition) is 0. The third-order valence-corrected chi connectivity index (χ3v) is 4.59. The molecule has 1 saturated heterocycles. The molecule has 0 N–H and O–H groups in total. The van der Waals surface area contributed by atoms with Crippen LogP contribution in [0.1, 0.15) is 65.4 Å². The Morgan fingerprint density at radius 1 is 1.24 bits per heavy atom. The highest BCUT2D eigenvalue weighted by atomic mass is 16.5. The van der Waals surface area contributed by atoms with E-state index in [9.17, 15) is 4.79 Å². The molecule has 0 aromatic carbocycles. The molecule has 1 saturated carbocycles. The lowest BCUT2D eigenvalue weighted by atomic mass is 10.1. The van der Waals surface area contributed by atoms with Gasteiger partial charge in [0.15, 0.2) is 5.82 Å². The van der Waals surface area contributed by atoms with Crippen molar-refractivity contribution >= 4 is 5.91 Å². The molecule has 1 amide bonds. The molecule has 2 aromatic rings. The van der Waals surface area contributed by atoms with Gasteiger partial charge in [0.05, 0.1) is 12.7 Å². The second-order valence-corrected chi connectivity index (χ2v) is 6.73. The minimum atomic E-state index is -0.406. The number of nitrogens with zero attached hydrogens (tertiary/aromatic N) is 5. The van der Waals surface area contributed by atoms with Crippen LogP contribution in [0.5, 0.6) is 0 Å². The number of carbonyl (C=O) groups is 1. The Morgan fingerprint density at radius 3 is 2.76 bits per heavy atom. The van der Waals surface area contributed by atoms with E-state index in [2.05, 4.69) is 20.1 Å². The van der Waals surface area contributed by atoms with Crippen molar-refractivity contribution < 1.29 is 14.1 Å². The highest BCUT2D eigenvalue weighted by Crippen LogP contribution is 2.39. The lowest BCUT2D eigenvalue weighted by Crippen LogP contribution is -2.47. The number of rotatable bonds is 3. The largest absolute Gasteiger partial charge is 0.374 e. The van der Waals surface area contributed by atoms with Gasteiger partial charge < -0.3 is 14.2 Å². The minimum absolute atomic E-state index is 0.167. The van der Waals surface area contributed by atoms with E-state index >= 15 is 0 Å². The second kappa shape index (κ2) is 6.18. The van der Waals surface area contributed by atoms with Crippen LogP contribution in [0.3, 0.4) is 0 Å². The summed E-state index contributed by atoms with van der Waals surface area (Å²) in [5.74, 6) is 1.97. The van der Waals surface area contributed by atoms with Crippen LogP contribution in [-0.2, 0) is 4.74 Å². The van der Waals surface area contributed by atoms with Crippen molar-refractivity contribution in [3.05, 3.63) is 35.0 Å². The normalized spacial score (nSPS) is 23.7. The first-order valence-electron chi connectivity index (χ1n) is 8.61. The topological polar surface area (TPSA) is 94.2 Å². The van der Waals surface area contributed by atoms with Crippen LogP contribution >= 0.6 is 0 Å². The SMILES string of the molecule is Cc1cc(C(=O)N2CCO[C@H](C)[C@H]2c2nc(C3CC3)no2)nc(C)n1. The lowest BCUT2D eigenvalue weighted by molar-refractivity contribution is -0.0602. The van der Waals surface area contributed by atoms with Crippen LogP contribution in [0.15, 0.2) is 10.6 Å². The molecule has 4 rings (SSSR count). The maximum Gasteiger partial charge on any atom is 0.273 e. The molecule has 0 spiro atoms. The Hall–Kier alpha value is -2.35. The molecule has 25 heavy (non-hydrogen) atoms. The van der Waals surface area contributed by atoms with E-state index in [1.165, 1.54) is 0 Å². The van der Waals surface area contributed by atoms with Gasteiger partial charge in [0.25, 0.3) is 11.8 Å². The van der Waals surface area contributed by atoms with Gasteiger partial charge in [0.1, 0.15) is 17.6 Å². The van der Waals surface area contributed by atoms with Crippen LogP contribution in [0.2, 0.25) is 0 Å². The molecule has 132 valence electrons. The molecule has 2 fully saturated rings. The zero-order valence-corrected chi connectivity index (χ0v) is 14.6. The molecule has 0 radical (unpaired) electrons. The van der Waals surface area contributed by atoms with Crippen LogP contribution in [0.4, 0.5) is 0 Å². The van der Waals surface area contributed by atoms with Gasteiger partial charge in [-0.25, -0.2) is 9.97 Å². The van der Waals surface area contributed by atoms with Gasteiger partial charge in [-0.1, -0.05) is 5.16 Å². The van der Waals surface area contributed by atoms with Gasteiger partial charge in [-0.15, -0.1) is 0 Å². The lowest BCUT2D eigenvalue weighted by Gasteiger charge is -2.37. The van der Waals surface area contributed by atoms with Gasteiger partial charge in [0, 0.05) is 18.2 Å². The molecule has 0 bridgehead atoms. The molecule has 1 aliphatic heterocycles. The van der Waals surface area contributed by atoms with E-state index in [0.717, 1.165) is 24.4 Å². The average Bonchev–Trinajstić information content (AvgIpc) is 3.31. The Bertz CT molecular complexity index is 781. The predicted octanol–water partition coefficient (Wildman–Crippen LogP) is 1.96. The Kier molecular flexibility index (Phi) is 3.99. The van der Waals surface area contributed by atoms with Crippen molar-refractivity contribution in [2.75, 3.05) is 13.2 Å². The number of ether oxygens (including phenoxy) is 1. The number of aryl methyl sites for hydroxylation is 2. The Morgan fingerprint density at radius 2 is 2.04 bits per heavy atom. The maximum absolute atomic E-state index is 13.1. The molecule has 3 heterocycles. The summed E-state index contributed by atoms with van der Waals surface area (Å²) in [4.78, 5) is 27.9. The molecule has 2 atom stereocenters. The van der Waals surface area contributed by atoms with Gasteiger partial charge in [-0.2, -0.15) is 4.98 Å². The first-order chi connectivity index (χ1) is 12.0. The number of aromatic nitrogens is 4. The van der Waals surface area contributed by atoms with Crippen LogP contribution in [0.25, 0.3) is 0 Å². The number of morpholine rings is 1. The first-order valence-corrected chi connectivity index (χ1v) is 8.61. The molecule has 2 aliphatic rings. The fraction of sp³-hybridized carbons (Fsp3) is 0.588. The van der Waals surface area contributed by atoms with E-state index in [0.29, 0.717) is 36.5 Å². The maximum atomic E-state index is 13.1. The Balaban J connectivity index is 1.65. The molecule has 0 unspecified atom stereocenters. The summed E-state index contributed by atoms with van der Waals surface area (Å²) < 4.78 is 11.2. The van der Waals surface area contributed by atoms with E-state index < -0.39 is 6.04 Å². The minimum Gasteiger partial charge on any atom is -0.374 e. The predicted molar refractivity (Wildman–Crippen MR) is 87.0 cm³/mol. The van der Waals surface area contributed by atoms with Crippen molar-refractivity contribution in [3.8, 4) is 0 Å². The number of hydrogen-bond acceptors (Lipinski definition) is 7. The first kappa shape index (κ1) is 16.1. The van der Waals surface area contributed by atoms with Crippen molar-refractivity contribution in [1.29, 1.82) is 0 Å². The summed E-state index contributed by atoms with van der Waals surface area (Å²) in [6.45, 7) is 6.47. The molecule has 8 nitrogen and oxygen atoms in total. The van der Waals surface area contributed by atoms with E-state index in [4.69, 9.17) is 9.26 Å². The molecular formula is C17H21N5O3. The highest BCUT2D eigenvalue weighted by molar-refractivity contribution is 5.92. The van der Waals surface area contributed by atoms with Gasteiger partial charge in [0.2, 0.25) is 0 Å². The summed E-state index contributed by atoms with van der Waals surface area (Å²) in [5, 5.41) is 4.08. The van der Waals surface area contributed by atoms with Crippen molar-refractivity contribution in [2.45, 2.75) is 51.7 Å². The fourth-order valence-corrected chi connectivity index (χ4v) is 3.23. The molecule has 2 aromatic heterocycles. The van der Waals surface area contributed by atoms with Crippen molar-refractivity contribution in [1.82, 2.24) is 25.0 Å². The summed E-state index contributed by atoms with van der Waals surface area (Å²) in [5.41, 5.74) is 1.15. The zero-order valence-electron chi connectivity index (χ0n) is 14.6. The van der Waals surface area contributed by atoms with Crippen LogP contribution in [-0.4, -0.2) is 50.2 Å². The quantitative estimate of drug-likeness (QED) is 0.840. The average molecular weight is 343 g/mol. The third kappa shape index (κ3) is 3.13. The van der Waals surface area contributed by atoms with Crippen molar-refractivity contribution in [3.63, 3.8) is 0 Å². The summed E-state index contributed by atoms with van der Waals surface area (Å²) in [6.07, 6.45) is 1.96. The summed E-state index contributed by atoms with van der Waals surface area (Å²) in [6, 6.07) is 1.30. The van der Waals surface area contributed by atoms with Gasteiger partial charge in [-0.05, 0) is 39.7 Å². The zero-order chi connectivity index (χ0) is 17.6. The molecule has 8 heteroatoms. The summed E-state index contributed by atoms with van der Waals surface area (Å²) >= 11 is 0. The third-order valence-electron chi connectivity index (χ3n) is 4.59. The van der Waals surface area contributed by atoms with Gasteiger partial charge >= 0.3 is 0 Å². The standard InChI is InChI=1S/C17H21N5O3/c1-9-8-13(19-11(3)18-9)17(23)22-6-7-24-10(2)14(22)16-20-15(21-25-16)12-4-5-12/h8,10,12,14H,4-7H2,1-3H3/t10-,14+/m1/s1. The fourth-order valence-electron chi connectivity index (χ4n) is 3.23. The van der Waals surface area contributed by atoms with Crippen LogP contribution < -0.4 is 0 Å². The Labute approximate surface area is 145 Å². The van der Waals surface area contributed by atoms with Crippen LogP contribution in [0, 0.1) is 13.8 Å². The number of carbonyl (C=O) groups excluding carboxylic acids is 1. The molecule has 1 aliphatic carbocycles. The van der Waals surface area contributed by atoms with E-state index in [1.54, 1.807) is 17.9 Å². The van der Waals surface area contributed by atoms with E-state index in [1.807, 2.05) is 13.8 Å². The number of amides is 1. The van der Waals surface area contributed by atoms with Crippen molar-refractivity contribution in [2.24, 2.45) is 0 Å². The smallest absolute Gasteiger partial charge is 0.273 e.